The first-order chi connectivity index (χ1) is 17.0. The lowest BCUT2D eigenvalue weighted by atomic mass is 9.93. The van der Waals surface area contributed by atoms with Crippen LogP contribution in [0.15, 0.2) is 30.3 Å². The van der Waals surface area contributed by atoms with Crippen LogP contribution in [0.1, 0.15) is 53.5 Å². The molecule has 2 rings (SSSR count). The van der Waals surface area contributed by atoms with E-state index in [1.165, 1.54) is 45.0 Å². The minimum atomic E-state index is -4.98. The molecule has 0 bridgehead atoms. The highest BCUT2D eigenvalue weighted by atomic mass is 28.4. The molecule has 0 N–H and O–H groups in total. The van der Waals surface area contributed by atoms with Gasteiger partial charge in [0, 0.05) is 12.0 Å². The fourth-order valence-corrected chi connectivity index (χ4v) is 4.83. The molecule has 3 atom stereocenters. The van der Waals surface area contributed by atoms with Crippen LogP contribution in [0.3, 0.4) is 0 Å². The van der Waals surface area contributed by atoms with Crippen molar-refractivity contribution in [2.24, 2.45) is 0 Å². The molecule has 0 spiro atoms. The molecule has 38 heavy (non-hydrogen) atoms. The zero-order chi connectivity index (χ0) is 29.4. The van der Waals surface area contributed by atoms with E-state index < -0.39 is 68.3 Å². The zero-order valence-corrected chi connectivity index (χ0v) is 23.8. The van der Waals surface area contributed by atoms with Gasteiger partial charge in [-0.25, -0.2) is 4.79 Å². The summed E-state index contributed by atoms with van der Waals surface area (Å²) in [7, 11) is -3.09. The minimum Gasteiger partial charge on any atom is -0.444 e. The number of carbonyl (C=O) groups is 1. The molecule has 1 heterocycles. The van der Waals surface area contributed by atoms with E-state index >= 15 is 0 Å². The SMILES string of the molecule is CC(C)(C)OC(=O)N1[C@@H](CC#CC(O[Si](C)(C)C(C)(C)C)(c2ccccc2)C(F)(F)F)CO[C@H]1C(F)(F)F. The quantitative estimate of drug-likeness (QED) is 0.216. The van der Waals surface area contributed by atoms with Gasteiger partial charge in [0.15, 0.2) is 8.32 Å². The Bertz CT molecular complexity index is 1030. The Morgan fingerprint density at radius 2 is 1.58 bits per heavy atom. The topological polar surface area (TPSA) is 48.0 Å². The first kappa shape index (κ1) is 32.0. The highest BCUT2D eigenvalue weighted by molar-refractivity contribution is 6.74. The van der Waals surface area contributed by atoms with E-state index in [1.807, 2.05) is 0 Å². The fraction of sp³-hybridized carbons (Fsp3) is 0.654. The van der Waals surface area contributed by atoms with Crippen molar-refractivity contribution in [3.63, 3.8) is 0 Å². The number of benzene rings is 1. The highest BCUT2D eigenvalue weighted by Gasteiger charge is 2.60. The summed E-state index contributed by atoms with van der Waals surface area (Å²) in [6, 6.07) is 5.61. The van der Waals surface area contributed by atoms with Crippen molar-refractivity contribution >= 4 is 14.4 Å². The maximum atomic E-state index is 14.8. The highest BCUT2D eigenvalue weighted by Crippen LogP contribution is 2.48. The molecule has 0 radical (unpaired) electrons. The third-order valence-electron chi connectivity index (χ3n) is 6.37. The number of rotatable bonds is 4. The molecule has 214 valence electrons. The van der Waals surface area contributed by atoms with Crippen LogP contribution in [0.4, 0.5) is 31.1 Å². The second-order valence-electron chi connectivity index (χ2n) is 11.7. The van der Waals surface area contributed by atoms with E-state index in [1.54, 1.807) is 39.9 Å². The van der Waals surface area contributed by atoms with Gasteiger partial charge in [-0.3, -0.25) is 4.90 Å². The molecular weight excluding hydrogens is 532 g/mol. The van der Waals surface area contributed by atoms with Gasteiger partial charge in [0.05, 0.1) is 12.6 Å². The molecule has 1 aliphatic heterocycles. The second kappa shape index (κ2) is 10.7. The molecule has 1 saturated heterocycles. The van der Waals surface area contributed by atoms with Crippen molar-refractivity contribution in [3.05, 3.63) is 35.9 Å². The number of alkyl halides is 6. The first-order valence-electron chi connectivity index (χ1n) is 12.0. The molecule has 1 aromatic rings. The average Bonchev–Trinajstić information content (AvgIpc) is 3.15. The maximum absolute atomic E-state index is 14.8. The van der Waals surface area contributed by atoms with Crippen LogP contribution >= 0.6 is 0 Å². The lowest BCUT2D eigenvalue weighted by Gasteiger charge is -2.44. The zero-order valence-electron chi connectivity index (χ0n) is 22.8. The van der Waals surface area contributed by atoms with Crippen LogP contribution in [0.25, 0.3) is 0 Å². The Labute approximate surface area is 220 Å². The maximum Gasteiger partial charge on any atom is 0.433 e. The van der Waals surface area contributed by atoms with Crippen molar-refractivity contribution in [1.29, 1.82) is 0 Å². The summed E-state index contributed by atoms with van der Waals surface area (Å²) in [5.74, 6) is 4.63. The predicted octanol–water partition coefficient (Wildman–Crippen LogP) is 7.38. The summed E-state index contributed by atoms with van der Waals surface area (Å²) in [5.41, 5.74) is -4.39. The van der Waals surface area contributed by atoms with Crippen molar-refractivity contribution in [2.75, 3.05) is 6.61 Å². The van der Waals surface area contributed by atoms with Gasteiger partial charge in [-0.05, 0) is 38.9 Å². The number of hydrogen-bond acceptors (Lipinski definition) is 4. The largest absolute Gasteiger partial charge is 0.444 e. The number of amides is 1. The fourth-order valence-electron chi connectivity index (χ4n) is 3.47. The molecule has 0 aliphatic carbocycles. The molecule has 1 amide bonds. The van der Waals surface area contributed by atoms with E-state index in [4.69, 9.17) is 13.9 Å². The van der Waals surface area contributed by atoms with Gasteiger partial charge in [0.1, 0.15) is 5.60 Å². The number of halogens is 6. The number of carbonyl (C=O) groups excluding carboxylic acids is 1. The molecule has 12 heteroatoms. The van der Waals surface area contributed by atoms with Gasteiger partial charge in [-0.15, -0.1) is 0 Å². The monoisotopic (exact) mass is 567 g/mol. The van der Waals surface area contributed by atoms with Crippen molar-refractivity contribution < 1.29 is 45.0 Å². The molecule has 1 aromatic carbocycles. The number of hydrogen-bond donors (Lipinski definition) is 0. The van der Waals surface area contributed by atoms with Crippen LogP contribution in [0, 0.1) is 11.8 Å². The molecular formula is C26H35F6NO4Si. The molecule has 1 unspecified atom stereocenters. The summed E-state index contributed by atoms with van der Waals surface area (Å²) < 4.78 is 101. The Hall–Kier alpha value is -2.23. The second-order valence-corrected chi connectivity index (χ2v) is 16.4. The summed E-state index contributed by atoms with van der Waals surface area (Å²) in [6.07, 6.45) is -14.4. The Kier molecular flexibility index (Phi) is 9.04. The lowest BCUT2D eigenvalue weighted by molar-refractivity contribution is -0.236. The molecule has 0 aromatic heterocycles. The van der Waals surface area contributed by atoms with E-state index in [9.17, 15) is 31.1 Å². The van der Waals surface area contributed by atoms with Crippen LogP contribution < -0.4 is 0 Å². The van der Waals surface area contributed by atoms with Gasteiger partial charge < -0.3 is 13.9 Å². The van der Waals surface area contributed by atoms with Crippen LogP contribution in [-0.4, -0.2) is 56.1 Å². The first-order valence-corrected chi connectivity index (χ1v) is 14.9. The van der Waals surface area contributed by atoms with Crippen molar-refractivity contribution in [1.82, 2.24) is 4.90 Å². The Balaban J connectivity index is 2.56. The van der Waals surface area contributed by atoms with E-state index in [0.717, 1.165) is 0 Å². The van der Waals surface area contributed by atoms with E-state index in [0.29, 0.717) is 4.90 Å². The molecule has 1 aliphatic rings. The average molecular weight is 568 g/mol. The number of ether oxygens (including phenoxy) is 2. The summed E-state index contributed by atoms with van der Waals surface area (Å²) >= 11 is 0. The third kappa shape index (κ3) is 7.24. The third-order valence-corrected chi connectivity index (χ3v) is 10.8. The Morgan fingerprint density at radius 3 is 2.03 bits per heavy atom. The van der Waals surface area contributed by atoms with Gasteiger partial charge in [0.2, 0.25) is 11.8 Å². The van der Waals surface area contributed by atoms with Crippen LogP contribution in [0.2, 0.25) is 18.1 Å². The standard InChI is InChI=1S/C26H35F6NO4Si/c1-22(2,3)36-21(34)33-19(17-35-20(33)25(27,28)29)15-12-16-24(26(30,31)32,18-13-10-9-11-14-18)37-38(7,8)23(4,5)6/h9-11,13-14,19-20H,15,17H2,1-8H3/t19-,20-,24?/m0/s1. The van der Waals surface area contributed by atoms with Gasteiger partial charge in [-0.2, -0.15) is 26.3 Å². The van der Waals surface area contributed by atoms with Gasteiger partial charge in [-0.1, -0.05) is 62.9 Å². The molecule has 0 saturated carbocycles. The van der Waals surface area contributed by atoms with Crippen LogP contribution in [0.5, 0.6) is 0 Å². The minimum absolute atomic E-state index is 0.246. The predicted molar refractivity (Wildman–Crippen MR) is 133 cm³/mol. The van der Waals surface area contributed by atoms with Crippen molar-refractivity contribution in [3.8, 4) is 11.8 Å². The lowest BCUT2D eigenvalue weighted by Crippen LogP contribution is -2.54. The summed E-state index contributed by atoms with van der Waals surface area (Å²) in [5, 5.41) is -0.604. The smallest absolute Gasteiger partial charge is 0.433 e. The normalized spacial score (nSPS) is 20.9. The van der Waals surface area contributed by atoms with E-state index in [-0.39, 0.29) is 5.56 Å². The summed E-state index contributed by atoms with van der Waals surface area (Å²) in [4.78, 5) is 13.0. The number of nitrogens with zero attached hydrogens (tertiary/aromatic N) is 1. The summed E-state index contributed by atoms with van der Waals surface area (Å²) in [6.45, 7) is 12.5. The van der Waals surface area contributed by atoms with E-state index in [2.05, 4.69) is 11.8 Å². The van der Waals surface area contributed by atoms with Crippen LogP contribution in [-0.2, 0) is 19.5 Å². The molecule has 1 fully saturated rings. The van der Waals surface area contributed by atoms with Gasteiger partial charge in [0.25, 0.3) is 0 Å². The van der Waals surface area contributed by atoms with Gasteiger partial charge >= 0.3 is 18.4 Å². The molecule has 5 nitrogen and oxygen atoms in total. The Morgan fingerprint density at radius 1 is 1.03 bits per heavy atom. The van der Waals surface area contributed by atoms with Crippen molar-refractivity contribution in [2.45, 2.75) is 102 Å².